The third-order valence-corrected chi connectivity index (χ3v) is 16.3. The molecule has 2 aromatic carbocycles. The lowest BCUT2D eigenvalue weighted by atomic mass is 10.1. The van der Waals surface area contributed by atoms with Gasteiger partial charge < -0.3 is 43.9 Å². The van der Waals surface area contributed by atoms with Gasteiger partial charge in [0.2, 0.25) is 0 Å². The molecule has 58 heavy (non-hydrogen) atoms. The highest BCUT2D eigenvalue weighted by Gasteiger charge is 2.43. The monoisotopic (exact) mass is 906 g/mol. The Morgan fingerprint density at radius 1 is 0.741 bits per heavy atom. The number of nitrogens with zero attached hydrogens (tertiary/aromatic N) is 2. The summed E-state index contributed by atoms with van der Waals surface area (Å²) in [6.45, 7) is 1.41. The van der Waals surface area contributed by atoms with Crippen LogP contribution in [0.2, 0.25) is 0 Å². The standard InChI is InChI=1S/C36H51N4O13PS4/c1-48-29-19-23-25(37-33(52-57(44)45)27-9-4-11-39(27)35(23)41)21-31(29)50-13-6-15-54(43,17-8-18-56(3)55)16-7-14-51-32-22-26-24(20-30(32)49-2)36(42)40-12-5-10-28(40)34(38-26)53-58(46)47/h19-22,27-28,33-34,37-38H,4-18H2,1-3H3,(H,44,45)(H,46,47)/t27-,28-,33?,34?,54?,56?/m0/s1. The lowest BCUT2D eigenvalue weighted by Crippen LogP contribution is -2.45. The van der Waals surface area contributed by atoms with Gasteiger partial charge in [-0.1, -0.05) is 11.2 Å². The van der Waals surface area contributed by atoms with Crippen LogP contribution in [0.25, 0.3) is 0 Å². The third kappa shape index (κ3) is 10.7. The normalized spacial score (nSPS) is 23.7. The Morgan fingerprint density at radius 3 is 1.57 bits per heavy atom. The van der Waals surface area contributed by atoms with Crippen molar-refractivity contribution in [3.63, 3.8) is 0 Å². The molecule has 322 valence electrons. The summed E-state index contributed by atoms with van der Waals surface area (Å²) in [6.07, 6.45) is 5.92. The molecule has 4 aliphatic rings. The van der Waals surface area contributed by atoms with Gasteiger partial charge in [-0.25, -0.2) is 8.37 Å². The largest absolute Gasteiger partial charge is 0.493 e. The highest BCUT2D eigenvalue weighted by Crippen LogP contribution is 2.48. The Labute approximate surface area is 350 Å². The fourth-order valence-corrected chi connectivity index (χ4v) is 12.7. The van der Waals surface area contributed by atoms with Gasteiger partial charge >= 0.3 is 22.7 Å². The molecule has 6 rings (SSSR count). The van der Waals surface area contributed by atoms with Gasteiger partial charge in [0.15, 0.2) is 35.5 Å². The number of nitrogens with one attached hydrogen (secondary N) is 2. The number of carbonyl (C=O) groups is 2. The Morgan fingerprint density at radius 2 is 1.17 bits per heavy atom. The van der Waals surface area contributed by atoms with Crippen LogP contribution in [0.5, 0.6) is 23.0 Å². The molecule has 0 bridgehead atoms. The zero-order valence-corrected chi connectivity index (χ0v) is 36.7. The predicted octanol–water partition coefficient (Wildman–Crippen LogP) is 4.42. The molecule has 17 nitrogen and oxygen atoms in total. The van der Waals surface area contributed by atoms with Crippen LogP contribution in [-0.2, 0) is 56.3 Å². The second kappa shape index (κ2) is 20.1. The van der Waals surface area contributed by atoms with E-state index in [9.17, 15) is 31.7 Å². The molecule has 22 heteroatoms. The topological polar surface area (TPSA) is 212 Å². The van der Waals surface area contributed by atoms with Gasteiger partial charge in [0, 0.05) is 43.7 Å². The number of rotatable bonds is 20. The van der Waals surface area contributed by atoms with Gasteiger partial charge in [-0.3, -0.25) is 18.7 Å². The number of carbonyl (C=O) groups excluding carboxylic acids is 2. The zero-order valence-electron chi connectivity index (χ0n) is 32.6. The number of ether oxygens (including phenoxy) is 4. The number of benzene rings is 2. The Balaban J connectivity index is 1.09. The molecule has 4 aliphatic heterocycles. The number of methoxy groups -OCH3 is 2. The SMILES string of the molecule is COc1cc2c(cc1OCCCP(=O)(CCCOc1cc3c(cc1OC)C(=O)N1CCC[C@H]1C(OS(=O)O)N3)CCCS(C)=S)NC(OS(=O)O)[C@@H]1CCCN1C2=O. The van der Waals surface area contributed by atoms with Crippen molar-refractivity contribution >= 4 is 73.7 Å². The molecule has 0 aromatic heterocycles. The molecule has 4 N–H and O–H groups in total. The molecular formula is C36H51N4O13PS4. The van der Waals surface area contributed by atoms with E-state index < -0.39 is 54.4 Å². The first-order chi connectivity index (χ1) is 27.8. The van der Waals surface area contributed by atoms with Gasteiger partial charge in [0.25, 0.3) is 11.8 Å². The van der Waals surface area contributed by atoms with E-state index in [0.717, 1.165) is 25.0 Å². The number of amides is 2. The van der Waals surface area contributed by atoms with E-state index in [1.807, 2.05) is 6.26 Å². The minimum atomic E-state index is -2.71. The van der Waals surface area contributed by atoms with Crippen molar-refractivity contribution in [3.05, 3.63) is 35.4 Å². The minimum Gasteiger partial charge on any atom is -0.493 e. The van der Waals surface area contributed by atoms with E-state index in [0.29, 0.717) is 103 Å². The molecule has 0 saturated carbocycles. The summed E-state index contributed by atoms with van der Waals surface area (Å²) in [6, 6.07) is 5.59. The predicted molar refractivity (Wildman–Crippen MR) is 225 cm³/mol. The Kier molecular flexibility index (Phi) is 15.5. The maximum atomic E-state index is 14.4. The summed E-state index contributed by atoms with van der Waals surface area (Å²) in [5, 5.41) is 6.25. The van der Waals surface area contributed by atoms with E-state index in [1.165, 1.54) is 14.2 Å². The van der Waals surface area contributed by atoms with E-state index in [1.54, 1.807) is 34.1 Å². The number of hydrogen-bond donors (Lipinski definition) is 4. The van der Waals surface area contributed by atoms with Crippen LogP contribution in [0.3, 0.4) is 0 Å². The molecular weight excluding hydrogens is 856 g/mol. The maximum Gasteiger partial charge on any atom is 0.304 e. The molecule has 4 heterocycles. The van der Waals surface area contributed by atoms with E-state index in [4.69, 9.17) is 38.5 Å². The Bertz CT molecular complexity index is 1840. The van der Waals surface area contributed by atoms with Crippen molar-refractivity contribution in [2.45, 2.75) is 69.5 Å². The first-order valence-electron chi connectivity index (χ1n) is 19.1. The molecule has 5 unspecified atom stereocenters. The van der Waals surface area contributed by atoms with Crippen LogP contribution >= 0.6 is 7.14 Å². The fraction of sp³-hybridized carbons (Fsp3) is 0.611. The lowest BCUT2D eigenvalue weighted by Gasteiger charge is -2.27. The van der Waals surface area contributed by atoms with Gasteiger partial charge in [0.1, 0.15) is 0 Å². The lowest BCUT2D eigenvalue weighted by molar-refractivity contribution is 0.0624. The van der Waals surface area contributed by atoms with Crippen molar-refractivity contribution in [1.29, 1.82) is 0 Å². The average Bonchev–Trinajstić information content (AvgIpc) is 3.84. The second-order valence-electron chi connectivity index (χ2n) is 14.5. The molecule has 7 atom stereocenters. The Hall–Kier alpha value is -2.88. The summed E-state index contributed by atoms with van der Waals surface area (Å²) in [4.78, 5) is 30.3. The molecule has 2 fully saturated rings. The van der Waals surface area contributed by atoms with Crippen LogP contribution in [0.15, 0.2) is 24.3 Å². The van der Waals surface area contributed by atoms with Crippen molar-refractivity contribution in [2.24, 2.45) is 0 Å². The first-order valence-corrected chi connectivity index (χ1v) is 26.1. The summed E-state index contributed by atoms with van der Waals surface area (Å²) >= 11 is 0.284. The van der Waals surface area contributed by atoms with E-state index >= 15 is 0 Å². The minimum absolute atomic E-state index is 0.208. The maximum absolute atomic E-state index is 14.4. The number of anilines is 2. The highest BCUT2D eigenvalue weighted by atomic mass is 32.8. The second-order valence-corrected chi connectivity index (χ2v) is 22.5. The smallest absolute Gasteiger partial charge is 0.304 e. The molecule has 2 amide bonds. The van der Waals surface area contributed by atoms with E-state index in [2.05, 4.69) is 10.6 Å². The van der Waals surface area contributed by atoms with E-state index in [-0.39, 0.29) is 34.5 Å². The summed E-state index contributed by atoms with van der Waals surface area (Å²) < 4.78 is 90.7. The average molecular weight is 907 g/mol. The van der Waals surface area contributed by atoms with Crippen molar-refractivity contribution in [3.8, 4) is 23.0 Å². The molecule has 2 aromatic rings. The van der Waals surface area contributed by atoms with Gasteiger partial charge in [0.05, 0.1) is 69.2 Å². The summed E-state index contributed by atoms with van der Waals surface area (Å²) in [5.41, 5.74) is 1.44. The van der Waals surface area contributed by atoms with Crippen molar-refractivity contribution < 1.29 is 59.0 Å². The van der Waals surface area contributed by atoms with Crippen molar-refractivity contribution in [1.82, 2.24) is 9.80 Å². The molecule has 0 aliphatic carbocycles. The quantitative estimate of drug-likeness (QED) is 0.0823. The number of fused-ring (bicyclic) bond motifs is 4. The van der Waals surface area contributed by atoms with Crippen LogP contribution in [0, 0.1) is 0 Å². The van der Waals surface area contributed by atoms with Gasteiger partial charge in [-0.2, -0.15) is 8.42 Å². The van der Waals surface area contributed by atoms with Gasteiger partial charge in [-0.15, -0.1) is 9.45 Å². The van der Waals surface area contributed by atoms with Gasteiger partial charge in [-0.05, 0) is 69.1 Å². The van der Waals surface area contributed by atoms with Crippen molar-refractivity contribution in [2.75, 3.05) is 81.7 Å². The summed E-state index contributed by atoms with van der Waals surface area (Å²) in [7, 11) is 0.0324. The molecule has 0 spiro atoms. The van der Waals surface area contributed by atoms with Crippen LogP contribution in [0.1, 0.15) is 65.7 Å². The highest BCUT2D eigenvalue weighted by molar-refractivity contribution is 8.28. The molecule has 0 radical (unpaired) electrons. The first kappa shape index (κ1) is 44.7. The van der Waals surface area contributed by atoms with Crippen LogP contribution in [0.4, 0.5) is 11.4 Å². The fourth-order valence-electron chi connectivity index (χ4n) is 8.10. The third-order valence-electron chi connectivity index (χ3n) is 10.8. The zero-order chi connectivity index (χ0) is 41.6. The van der Waals surface area contributed by atoms with Crippen LogP contribution < -0.4 is 29.6 Å². The summed E-state index contributed by atoms with van der Waals surface area (Å²) in [5.74, 6) is 1.70. The number of hydrogen-bond acceptors (Lipinski definition) is 14. The molecule has 2 saturated heterocycles. The van der Waals surface area contributed by atoms with Crippen LogP contribution in [-0.4, -0.2) is 135 Å².